The van der Waals surface area contributed by atoms with Crippen LogP contribution >= 0.6 is 24.0 Å². The molecule has 3 heterocycles. The molecule has 0 amide bonds. The van der Waals surface area contributed by atoms with Crippen molar-refractivity contribution in [1.82, 2.24) is 30.3 Å². The van der Waals surface area contributed by atoms with Crippen LogP contribution in [0.4, 0.5) is 0 Å². The fourth-order valence-electron chi connectivity index (χ4n) is 3.85. The molecule has 4 rings (SSSR count). The predicted octanol–water partition coefficient (Wildman–Crippen LogP) is 3.61. The fraction of sp³-hybridized carbons (Fsp3) is 0.375. The van der Waals surface area contributed by atoms with E-state index in [1.54, 1.807) is 10.9 Å². The second-order valence-electron chi connectivity index (χ2n) is 7.85. The molecule has 7 nitrogen and oxygen atoms in total. The zero-order valence-electron chi connectivity index (χ0n) is 18.5. The Labute approximate surface area is 207 Å². The van der Waals surface area contributed by atoms with Crippen molar-refractivity contribution in [1.29, 1.82) is 0 Å². The Balaban J connectivity index is 0.00000289. The van der Waals surface area contributed by atoms with Crippen LogP contribution in [-0.4, -0.2) is 51.3 Å². The number of benzene rings is 1. The van der Waals surface area contributed by atoms with Crippen LogP contribution in [0.2, 0.25) is 0 Å². The van der Waals surface area contributed by atoms with Gasteiger partial charge < -0.3 is 10.6 Å². The third-order valence-corrected chi connectivity index (χ3v) is 5.49. The Morgan fingerprint density at radius 3 is 2.59 bits per heavy atom. The standard InChI is InChI=1S/C24H31N7.HI/c1-2-25-24(27-18-21-9-13-26-23(17-21)31-14-6-12-28-31)29-22-10-15-30(16-11-22)19-20-7-4-3-5-8-20;/h3-9,12-14,17,22H,2,10-11,15-16,18-19H2,1H3,(H2,25,27,29);1H. The van der Waals surface area contributed by atoms with Crippen LogP contribution in [0.25, 0.3) is 5.82 Å². The molecule has 8 heteroatoms. The van der Waals surface area contributed by atoms with Crippen molar-refractivity contribution in [2.45, 2.75) is 38.9 Å². The van der Waals surface area contributed by atoms with Crippen LogP contribution in [0.3, 0.4) is 0 Å². The second-order valence-corrected chi connectivity index (χ2v) is 7.85. The van der Waals surface area contributed by atoms with E-state index in [9.17, 15) is 0 Å². The molecule has 1 fully saturated rings. The lowest BCUT2D eigenvalue weighted by Crippen LogP contribution is -2.48. The quantitative estimate of drug-likeness (QED) is 0.270. The van der Waals surface area contributed by atoms with E-state index >= 15 is 0 Å². The molecule has 1 saturated heterocycles. The molecule has 170 valence electrons. The Morgan fingerprint density at radius 1 is 1.06 bits per heavy atom. The number of aromatic nitrogens is 3. The minimum absolute atomic E-state index is 0. The molecule has 0 radical (unpaired) electrons. The molecule has 0 aliphatic carbocycles. The first-order chi connectivity index (χ1) is 15.3. The van der Waals surface area contributed by atoms with Crippen molar-refractivity contribution in [3.05, 3.63) is 78.2 Å². The smallest absolute Gasteiger partial charge is 0.191 e. The minimum Gasteiger partial charge on any atom is -0.357 e. The fourth-order valence-corrected chi connectivity index (χ4v) is 3.85. The summed E-state index contributed by atoms with van der Waals surface area (Å²) in [6.45, 7) is 6.77. The van der Waals surface area contributed by atoms with E-state index in [2.05, 4.69) is 62.9 Å². The van der Waals surface area contributed by atoms with Crippen molar-refractivity contribution in [3.8, 4) is 5.82 Å². The monoisotopic (exact) mass is 545 g/mol. The lowest BCUT2D eigenvalue weighted by atomic mass is 10.0. The molecule has 2 N–H and O–H groups in total. The zero-order valence-corrected chi connectivity index (χ0v) is 20.9. The molecule has 0 bridgehead atoms. The van der Waals surface area contributed by atoms with Gasteiger partial charge in [-0.05, 0) is 49.1 Å². The average Bonchev–Trinajstić information content (AvgIpc) is 3.35. The molecule has 1 aromatic carbocycles. The Bertz CT molecular complexity index is 951. The summed E-state index contributed by atoms with van der Waals surface area (Å²) < 4.78 is 1.76. The van der Waals surface area contributed by atoms with E-state index in [4.69, 9.17) is 4.99 Å². The van der Waals surface area contributed by atoms with Crippen molar-refractivity contribution < 1.29 is 0 Å². The van der Waals surface area contributed by atoms with Gasteiger partial charge in [0.05, 0.1) is 6.54 Å². The number of likely N-dealkylation sites (tertiary alicyclic amines) is 1. The summed E-state index contributed by atoms with van der Waals surface area (Å²) in [5, 5.41) is 11.3. The minimum atomic E-state index is 0. The Morgan fingerprint density at radius 2 is 1.88 bits per heavy atom. The number of halogens is 1. The highest BCUT2D eigenvalue weighted by molar-refractivity contribution is 14.0. The van der Waals surface area contributed by atoms with Crippen LogP contribution < -0.4 is 10.6 Å². The van der Waals surface area contributed by atoms with Gasteiger partial charge in [-0.25, -0.2) is 14.7 Å². The number of rotatable bonds is 7. The third-order valence-electron chi connectivity index (χ3n) is 5.49. The van der Waals surface area contributed by atoms with Gasteiger partial charge in [0.2, 0.25) is 0 Å². The van der Waals surface area contributed by atoms with Crippen molar-refractivity contribution >= 4 is 29.9 Å². The second kappa shape index (κ2) is 12.5. The van der Waals surface area contributed by atoms with E-state index in [1.165, 1.54) is 5.56 Å². The summed E-state index contributed by atoms with van der Waals surface area (Å²) in [5.74, 6) is 1.68. The highest BCUT2D eigenvalue weighted by atomic mass is 127. The van der Waals surface area contributed by atoms with Gasteiger partial charge in [0, 0.05) is 50.8 Å². The number of piperidine rings is 1. The molecular formula is C24H32IN7. The summed E-state index contributed by atoms with van der Waals surface area (Å²) in [5.41, 5.74) is 2.49. The van der Waals surface area contributed by atoms with E-state index in [0.29, 0.717) is 12.6 Å². The van der Waals surface area contributed by atoms with Crippen LogP contribution in [0.15, 0.2) is 72.1 Å². The highest BCUT2D eigenvalue weighted by Gasteiger charge is 2.20. The number of nitrogens with one attached hydrogen (secondary N) is 2. The first-order valence-electron chi connectivity index (χ1n) is 11.1. The van der Waals surface area contributed by atoms with Crippen molar-refractivity contribution in [2.24, 2.45) is 4.99 Å². The topological polar surface area (TPSA) is 70.4 Å². The maximum Gasteiger partial charge on any atom is 0.191 e. The maximum atomic E-state index is 4.81. The number of nitrogens with zero attached hydrogens (tertiary/aromatic N) is 5. The molecule has 0 saturated carbocycles. The van der Waals surface area contributed by atoms with Gasteiger partial charge in [-0.15, -0.1) is 24.0 Å². The van der Waals surface area contributed by atoms with Gasteiger partial charge in [0.1, 0.15) is 0 Å². The molecular weight excluding hydrogens is 513 g/mol. The van der Waals surface area contributed by atoms with E-state index in [1.807, 2.05) is 30.6 Å². The number of aliphatic imine (C=N–C) groups is 1. The largest absolute Gasteiger partial charge is 0.357 e. The Kier molecular flexibility index (Phi) is 9.48. The maximum absolute atomic E-state index is 4.81. The summed E-state index contributed by atoms with van der Waals surface area (Å²) in [7, 11) is 0. The number of hydrogen-bond donors (Lipinski definition) is 2. The highest BCUT2D eigenvalue weighted by Crippen LogP contribution is 2.14. The van der Waals surface area contributed by atoms with Crippen LogP contribution in [-0.2, 0) is 13.1 Å². The van der Waals surface area contributed by atoms with Gasteiger partial charge in [0.15, 0.2) is 11.8 Å². The summed E-state index contributed by atoms with van der Waals surface area (Å²) in [4.78, 5) is 11.7. The normalized spacial score (nSPS) is 15.2. The van der Waals surface area contributed by atoms with Gasteiger partial charge in [-0.1, -0.05) is 30.3 Å². The predicted molar refractivity (Wildman–Crippen MR) is 139 cm³/mol. The molecule has 0 unspecified atom stereocenters. The van der Waals surface area contributed by atoms with Gasteiger partial charge in [-0.3, -0.25) is 4.90 Å². The number of guanidine groups is 1. The SMILES string of the molecule is CCNC(=NCc1ccnc(-n2cccn2)c1)NC1CCN(Cc2ccccc2)CC1.I. The van der Waals surface area contributed by atoms with Crippen LogP contribution in [0.5, 0.6) is 0 Å². The third kappa shape index (κ3) is 7.03. The van der Waals surface area contributed by atoms with Crippen molar-refractivity contribution in [2.75, 3.05) is 19.6 Å². The van der Waals surface area contributed by atoms with Crippen LogP contribution in [0.1, 0.15) is 30.9 Å². The number of pyridine rings is 1. The zero-order chi connectivity index (χ0) is 21.3. The first-order valence-corrected chi connectivity index (χ1v) is 11.1. The summed E-state index contributed by atoms with van der Waals surface area (Å²) in [6, 6.07) is 17.1. The summed E-state index contributed by atoms with van der Waals surface area (Å²) in [6.07, 6.45) is 7.70. The van der Waals surface area contributed by atoms with E-state index < -0.39 is 0 Å². The lowest BCUT2D eigenvalue weighted by molar-refractivity contribution is 0.198. The number of hydrogen-bond acceptors (Lipinski definition) is 4. The molecule has 32 heavy (non-hydrogen) atoms. The van der Waals surface area contributed by atoms with Crippen molar-refractivity contribution in [3.63, 3.8) is 0 Å². The summed E-state index contributed by atoms with van der Waals surface area (Å²) >= 11 is 0. The average molecular weight is 545 g/mol. The van der Waals surface area contributed by atoms with Gasteiger partial charge >= 0.3 is 0 Å². The lowest BCUT2D eigenvalue weighted by Gasteiger charge is -2.33. The van der Waals surface area contributed by atoms with E-state index in [-0.39, 0.29) is 24.0 Å². The molecule has 1 aliphatic rings. The molecule has 3 aromatic rings. The van der Waals surface area contributed by atoms with Gasteiger partial charge in [-0.2, -0.15) is 5.10 Å². The van der Waals surface area contributed by atoms with Gasteiger partial charge in [0.25, 0.3) is 0 Å². The first kappa shape index (κ1) is 24.2. The molecule has 1 aliphatic heterocycles. The molecule has 0 spiro atoms. The molecule has 2 aromatic heterocycles. The van der Waals surface area contributed by atoms with E-state index in [0.717, 1.165) is 56.4 Å². The van der Waals surface area contributed by atoms with Crippen LogP contribution in [0, 0.1) is 0 Å². The molecule has 0 atom stereocenters. The Hall–Kier alpha value is -2.46.